The molecule has 2 aromatic heterocycles. The number of nitrogens with zero attached hydrogens (tertiary/aromatic N) is 3. The van der Waals surface area contributed by atoms with Gasteiger partial charge in [-0.05, 0) is 55.7 Å². The molecule has 0 bridgehead atoms. The number of pyridine rings is 1. The summed E-state index contributed by atoms with van der Waals surface area (Å²) < 4.78 is 12.5. The first-order chi connectivity index (χ1) is 16.4. The molecule has 1 amide bonds. The van der Waals surface area contributed by atoms with E-state index in [9.17, 15) is 4.79 Å². The molecule has 1 aliphatic rings. The Morgan fingerprint density at radius 2 is 1.91 bits per heavy atom. The Hall–Kier alpha value is -3.04. The minimum Gasteiger partial charge on any atom is -0.490 e. The number of ether oxygens (including phenoxy) is 1. The van der Waals surface area contributed by atoms with Crippen molar-refractivity contribution in [2.45, 2.75) is 64.1 Å². The van der Waals surface area contributed by atoms with Crippen molar-refractivity contribution in [1.29, 1.82) is 0 Å². The normalized spacial score (nSPS) is 17.9. The number of carboxylic acid groups (broad SMARTS) is 1. The summed E-state index contributed by atoms with van der Waals surface area (Å²) >= 11 is 0. The number of carbonyl (C=O) groups is 1. The number of hydrogen-bond donors (Lipinski definition) is 2. The van der Waals surface area contributed by atoms with E-state index >= 15 is 0 Å². The highest BCUT2D eigenvalue weighted by Gasteiger charge is 2.43. The number of aromatic nitrogens is 3. The second kappa shape index (κ2) is 9.54. The first-order valence-corrected chi connectivity index (χ1v) is 14.9. The maximum absolute atomic E-state index is 11.1. The van der Waals surface area contributed by atoms with Crippen LogP contribution in [-0.4, -0.2) is 47.7 Å². The topological polar surface area (TPSA) is 106 Å². The molecule has 2 N–H and O–H groups in total. The Morgan fingerprint density at radius 1 is 1.14 bits per heavy atom. The van der Waals surface area contributed by atoms with Crippen LogP contribution >= 0.6 is 0 Å². The van der Waals surface area contributed by atoms with Gasteiger partial charge in [0.25, 0.3) is 0 Å². The van der Waals surface area contributed by atoms with Gasteiger partial charge in [-0.3, -0.25) is 10.3 Å². The minimum absolute atomic E-state index is 0.135. The summed E-state index contributed by atoms with van der Waals surface area (Å²) in [5, 5.41) is 12.5. The largest absolute Gasteiger partial charge is 0.490 e. The molecule has 0 spiro atoms. The molecular formula is C26H34N4O4Si. The van der Waals surface area contributed by atoms with Crippen molar-refractivity contribution < 1.29 is 19.1 Å². The lowest BCUT2D eigenvalue weighted by molar-refractivity contribution is 0.205. The van der Waals surface area contributed by atoms with Crippen LogP contribution < -0.4 is 10.1 Å². The Bertz CT molecular complexity index is 1240. The van der Waals surface area contributed by atoms with Crippen molar-refractivity contribution >= 4 is 31.0 Å². The summed E-state index contributed by atoms with van der Waals surface area (Å²) in [5.41, 5.74) is 3.00. The van der Waals surface area contributed by atoms with E-state index in [1.807, 2.05) is 25.1 Å². The molecule has 0 saturated heterocycles. The van der Waals surface area contributed by atoms with Crippen molar-refractivity contribution in [2.24, 2.45) is 0 Å². The predicted octanol–water partition coefficient (Wildman–Crippen LogP) is 6.09. The fourth-order valence-corrected chi connectivity index (χ4v) is 4.87. The number of aryl methyl sites for hydroxylation is 1. The molecule has 186 valence electrons. The highest BCUT2D eigenvalue weighted by Crippen LogP contribution is 2.53. The number of nitrogens with one attached hydrogen (secondary N) is 1. The van der Waals surface area contributed by atoms with Gasteiger partial charge in [-0.2, -0.15) is 0 Å². The number of rotatable bonds is 8. The summed E-state index contributed by atoms with van der Waals surface area (Å²) in [5.74, 6) is 1.98. The molecule has 2 heterocycles. The minimum atomic E-state index is -1.86. The van der Waals surface area contributed by atoms with E-state index in [0.717, 1.165) is 34.8 Å². The predicted molar refractivity (Wildman–Crippen MR) is 139 cm³/mol. The van der Waals surface area contributed by atoms with E-state index in [2.05, 4.69) is 49.1 Å². The van der Waals surface area contributed by atoms with E-state index in [0.29, 0.717) is 24.4 Å². The van der Waals surface area contributed by atoms with Gasteiger partial charge in [0.1, 0.15) is 18.2 Å². The average molecular weight is 495 g/mol. The molecule has 2 atom stereocenters. The molecule has 9 heteroatoms. The van der Waals surface area contributed by atoms with Crippen LogP contribution in [0.3, 0.4) is 0 Å². The van der Waals surface area contributed by atoms with Crippen molar-refractivity contribution in [3.05, 3.63) is 53.7 Å². The van der Waals surface area contributed by atoms with Crippen molar-refractivity contribution in [1.82, 2.24) is 15.0 Å². The third kappa shape index (κ3) is 5.79. The Kier molecular flexibility index (Phi) is 6.83. The van der Waals surface area contributed by atoms with Crippen LogP contribution in [-0.2, 0) is 4.43 Å². The number of fused-ring (bicyclic) bond motifs is 1. The van der Waals surface area contributed by atoms with Crippen LogP contribution in [0.2, 0.25) is 18.1 Å². The van der Waals surface area contributed by atoms with Gasteiger partial charge in [0, 0.05) is 46.6 Å². The lowest BCUT2D eigenvalue weighted by atomic mass is 10.1. The van der Waals surface area contributed by atoms with Crippen LogP contribution in [0, 0.1) is 6.92 Å². The van der Waals surface area contributed by atoms with Crippen molar-refractivity contribution in [2.75, 3.05) is 18.5 Å². The Labute approximate surface area is 207 Å². The monoisotopic (exact) mass is 494 g/mol. The Balaban J connectivity index is 1.58. The number of benzene rings is 1. The lowest BCUT2D eigenvalue weighted by Crippen LogP contribution is -2.41. The van der Waals surface area contributed by atoms with Crippen LogP contribution in [0.5, 0.6) is 5.75 Å². The summed E-state index contributed by atoms with van der Waals surface area (Å²) in [4.78, 5) is 25.0. The molecule has 1 fully saturated rings. The smallest absolute Gasteiger partial charge is 0.409 e. The van der Waals surface area contributed by atoms with Gasteiger partial charge in [-0.1, -0.05) is 20.8 Å². The fourth-order valence-electron chi connectivity index (χ4n) is 3.85. The standard InChI is InChI=1S/C26H34N4O4Si/c1-16-9-10-27-24(28-16)20-14-19(20)22-15-23(33-11-12-34-35(5,6)26(2,3)4)18-8-7-17(29-25(31)32)13-21(18)30-22/h7-10,13,15,19-20,29H,11-12,14H2,1-6H3,(H,31,32)/t19-,20-/m0/s1. The molecule has 1 aromatic carbocycles. The highest BCUT2D eigenvalue weighted by molar-refractivity contribution is 6.74. The van der Waals surface area contributed by atoms with Gasteiger partial charge in [-0.25, -0.2) is 14.8 Å². The van der Waals surface area contributed by atoms with Gasteiger partial charge >= 0.3 is 6.09 Å². The van der Waals surface area contributed by atoms with E-state index in [1.54, 1.807) is 18.3 Å². The molecule has 0 aliphatic heterocycles. The molecule has 8 nitrogen and oxygen atoms in total. The zero-order valence-electron chi connectivity index (χ0n) is 21.3. The zero-order valence-corrected chi connectivity index (χ0v) is 22.3. The maximum Gasteiger partial charge on any atom is 0.409 e. The van der Waals surface area contributed by atoms with Crippen LogP contribution in [0.15, 0.2) is 36.5 Å². The summed E-state index contributed by atoms with van der Waals surface area (Å²) in [6.45, 7) is 14.0. The van der Waals surface area contributed by atoms with Crippen LogP contribution in [0.1, 0.15) is 56.2 Å². The van der Waals surface area contributed by atoms with Gasteiger partial charge in [-0.15, -0.1) is 0 Å². The first kappa shape index (κ1) is 25.1. The molecule has 1 saturated carbocycles. The van der Waals surface area contributed by atoms with E-state index < -0.39 is 14.4 Å². The quantitative estimate of drug-likeness (QED) is 0.288. The number of anilines is 1. The lowest BCUT2D eigenvalue weighted by Gasteiger charge is -2.36. The highest BCUT2D eigenvalue weighted by atomic mass is 28.4. The second-order valence-corrected chi connectivity index (χ2v) is 15.5. The third-order valence-electron chi connectivity index (χ3n) is 6.97. The van der Waals surface area contributed by atoms with Crippen molar-refractivity contribution in [3.63, 3.8) is 0 Å². The molecule has 3 aromatic rings. The van der Waals surface area contributed by atoms with E-state index in [1.165, 1.54) is 0 Å². The van der Waals surface area contributed by atoms with Gasteiger partial charge in [0.05, 0.1) is 12.1 Å². The summed E-state index contributed by atoms with van der Waals surface area (Å²) in [6.07, 6.45) is 1.60. The van der Waals surface area contributed by atoms with Gasteiger partial charge < -0.3 is 14.3 Å². The fraction of sp³-hybridized carbons (Fsp3) is 0.462. The van der Waals surface area contributed by atoms with Gasteiger partial charge in [0.2, 0.25) is 0 Å². The second-order valence-electron chi connectivity index (χ2n) is 10.7. The van der Waals surface area contributed by atoms with E-state index in [4.69, 9.17) is 19.3 Å². The first-order valence-electron chi connectivity index (χ1n) is 12.0. The third-order valence-corrected chi connectivity index (χ3v) is 11.5. The molecule has 35 heavy (non-hydrogen) atoms. The van der Waals surface area contributed by atoms with Crippen LogP contribution in [0.4, 0.5) is 10.5 Å². The molecule has 0 radical (unpaired) electrons. The SMILES string of the molecule is Cc1ccnc([C@H]2C[C@@H]2c2cc(OCCO[Si](C)(C)C(C)(C)C)c3ccc(NC(=O)O)cc3n2)n1. The average Bonchev–Trinajstić information content (AvgIpc) is 3.56. The van der Waals surface area contributed by atoms with E-state index in [-0.39, 0.29) is 16.9 Å². The molecule has 0 unspecified atom stereocenters. The Morgan fingerprint density at radius 3 is 2.60 bits per heavy atom. The summed E-state index contributed by atoms with van der Waals surface area (Å²) in [7, 11) is -1.86. The number of amides is 1. The molecule has 4 rings (SSSR count). The molecular weight excluding hydrogens is 460 g/mol. The van der Waals surface area contributed by atoms with Gasteiger partial charge in [0.15, 0.2) is 8.32 Å². The summed E-state index contributed by atoms with van der Waals surface area (Å²) in [6, 6.07) is 9.20. The number of hydrogen-bond acceptors (Lipinski definition) is 6. The maximum atomic E-state index is 11.1. The molecule has 1 aliphatic carbocycles. The zero-order chi connectivity index (χ0) is 25.4. The van der Waals surface area contributed by atoms with Crippen LogP contribution in [0.25, 0.3) is 10.9 Å². The van der Waals surface area contributed by atoms with Crippen molar-refractivity contribution in [3.8, 4) is 5.75 Å².